The molecule has 0 amide bonds. The van der Waals surface area contributed by atoms with E-state index in [0.29, 0.717) is 15.1 Å². The van der Waals surface area contributed by atoms with Crippen molar-refractivity contribution in [2.24, 2.45) is 5.73 Å². The van der Waals surface area contributed by atoms with E-state index < -0.39 is 6.04 Å². The molecule has 0 unspecified atom stereocenters. The summed E-state index contributed by atoms with van der Waals surface area (Å²) in [5.41, 5.74) is 6.01. The Balaban J connectivity index is 3.15. The maximum atomic E-state index is 9.42. The highest BCUT2D eigenvalue weighted by molar-refractivity contribution is 9.10. The van der Waals surface area contributed by atoms with Crippen LogP contribution in [0.2, 0.25) is 5.02 Å². The molecule has 5 heteroatoms. The third kappa shape index (κ3) is 2.34. The van der Waals surface area contributed by atoms with E-state index in [9.17, 15) is 5.11 Å². The van der Waals surface area contributed by atoms with Crippen LogP contribution in [0.4, 0.5) is 0 Å². The normalized spacial score (nSPS) is 12.9. The summed E-state index contributed by atoms with van der Waals surface area (Å²) >= 11 is 8.92. The molecule has 0 aliphatic rings. The van der Waals surface area contributed by atoms with Crippen molar-refractivity contribution in [3.63, 3.8) is 0 Å². The number of rotatable bonds is 2. The largest absolute Gasteiger partial charge is 0.508 e. The van der Waals surface area contributed by atoms with Crippen LogP contribution >= 0.6 is 27.5 Å². The van der Waals surface area contributed by atoms with Crippen LogP contribution in [-0.2, 0) is 0 Å². The highest BCUT2D eigenvalue weighted by Crippen LogP contribution is 2.32. The van der Waals surface area contributed by atoms with Crippen LogP contribution in [0.5, 0.6) is 5.75 Å². The maximum absolute atomic E-state index is 9.42. The first-order chi connectivity index (χ1) is 6.06. The first-order valence-corrected chi connectivity index (χ1v) is 4.77. The predicted molar refractivity (Wildman–Crippen MR) is 54.8 cm³/mol. The summed E-state index contributed by atoms with van der Waals surface area (Å²) in [7, 11) is 0. The van der Waals surface area contributed by atoms with Gasteiger partial charge in [-0.15, -0.1) is 0 Å². The summed E-state index contributed by atoms with van der Waals surface area (Å²) in [6.07, 6.45) is 0. The molecule has 0 saturated heterocycles. The molecule has 1 aromatic carbocycles. The van der Waals surface area contributed by atoms with E-state index in [1.807, 2.05) is 0 Å². The number of halogens is 2. The van der Waals surface area contributed by atoms with Gasteiger partial charge in [0, 0.05) is 10.0 Å². The zero-order chi connectivity index (χ0) is 10.0. The van der Waals surface area contributed by atoms with Gasteiger partial charge in [0.25, 0.3) is 0 Å². The van der Waals surface area contributed by atoms with Crippen molar-refractivity contribution in [1.82, 2.24) is 0 Å². The lowest BCUT2D eigenvalue weighted by atomic mass is 10.1. The molecule has 0 aliphatic heterocycles. The van der Waals surface area contributed by atoms with Gasteiger partial charge in [0.1, 0.15) is 5.75 Å². The molecular weight excluding hydrogens is 257 g/mol. The molecule has 13 heavy (non-hydrogen) atoms. The Bertz CT molecular complexity index is 319. The Hall–Kier alpha value is -0.290. The summed E-state index contributed by atoms with van der Waals surface area (Å²) in [6, 6.07) is 2.39. The quantitative estimate of drug-likeness (QED) is 0.765. The van der Waals surface area contributed by atoms with Crippen LogP contribution in [0.1, 0.15) is 11.6 Å². The molecule has 1 rings (SSSR count). The first kappa shape index (κ1) is 10.8. The predicted octanol–water partition coefficient (Wildman–Crippen LogP) is 1.80. The average molecular weight is 267 g/mol. The van der Waals surface area contributed by atoms with Crippen LogP contribution in [-0.4, -0.2) is 16.8 Å². The molecule has 0 spiro atoms. The molecule has 72 valence electrons. The van der Waals surface area contributed by atoms with Crippen LogP contribution in [0.25, 0.3) is 0 Å². The minimum absolute atomic E-state index is 0.00486. The van der Waals surface area contributed by atoms with Gasteiger partial charge < -0.3 is 15.9 Å². The fourth-order valence-electron chi connectivity index (χ4n) is 0.947. The number of benzene rings is 1. The summed E-state index contributed by atoms with van der Waals surface area (Å²) < 4.78 is 0.644. The third-order valence-corrected chi connectivity index (χ3v) is 2.86. The monoisotopic (exact) mass is 265 g/mol. The molecule has 0 aromatic heterocycles. The molecule has 0 heterocycles. The molecule has 0 aliphatic carbocycles. The minimum Gasteiger partial charge on any atom is -0.508 e. The second kappa shape index (κ2) is 4.28. The van der Waals surface area contributed by atoms with E-state index in [1.54, 1.807) is 6.07 Å². The molecule has 0 fully saturated rings. The lowest BCUT2D eigenvalue weighted by molar-refractivity contribution is 0.265. The summed E-state index contributed by atoms with van der Waals surface area (Å²) in [4.78, 5) is 0. The number of aromatic hydroxyl groups is 1. The van der Waals surface area contributed by atoms with Gasteiger partial charge in [0.05, 0.1) is 17.7 Å². The second-order valence-electron chi connectivity index (χ2n) is 2.61. The molecule has 4 N–H and O–H groups in total. The van der Waals surface area contributed by atoms with E-state index in [2.05, 4.69) is 15.9 Å². The van der Waals surface area contributed by atoms with E-state index >= 15 is 0 Å². The van der Waals surface area contributed by atoms with Crippen molar-refractivity contribution in [2.75, 3.05) is 6.61 Å². The highest BCUT2D eigenvalue weighted by Gasteiger charge is 2.12. The number of hydrogen-bond donors (Lipinski definition) is 3. The van der Waals surface area contributed by atoms with Gasteiger partial charge in [-0.2, -0.15) is 0 Å². The lowest BCUT2D eigenvalue weighted by Crippen LogP contribution is -2.14. The van der Waals surface area contributed by atoms with Crippen molar-refractivity contribution in [2.45, 2.75) is 6.04 Å². The van der Waals surface area contributed by atoms with E-state index in [-0.39, 0.29) is 12.4 Å². The third-order valence-electron chi connectivity index (χ3n) is 1.67. The molecule has 0 radical (unpaired) electrons. The van der Waals surface area contributed by atoms with Gasteiger partial charge in [-0.05, 0) is 28.1 Å². The SMILES string of the molecule is N[C@H](CO)c1cc(Br)c(Cl)cc1O. The van der Waals surface area contributed by atoms with Crippen LogP contribution in [0.3, 0.4) is 0 Å². The fraction of sp³-hybridized carbons (Fsp3) is 0.250. The summed E-state index contributed by atoms with van der Waals surface area (Å²) in [5.74, 6) is -0.00486. The average Bonchev–Trinajstić information content (AvgIpc) is 2.10. The Morgan fingerprint density at radius 2 is 2.15 bits per heavy atom. The maximum Gasteiger partial charge on any atom is 0.121 e. The van der Waals surface area contributed by atoms with Gasteiger partial charge in [-0.3, -0.25) is 0 Å². The van der Waals surface area contributed by atoms with Crippen LogP contribution in [0.15, 0.2) is 16.6 Å². The molecule has 3 nitrogen and oxygen atoms in total. The second-order valence-corrected chi connectivity index (χ2v) is 3.88. The van der Waals surface area contributed by atoms with Crippen molar-refractivity contribution in [1.29, 1.82) is 0 Å². The zero-order valence-electron chi connectivity index (χ0n) is 6.67. The van der Waals surface area contributed by atoms with E-state index in [4.69, 9.17) is 22.4 Å². The number of aliphatic hydroxyl groups is 1. The van der Waals surface area contributed by atoms with Gasteiger partial charge >= 0.3 is 0 Å². The Kier molecular flexibility index (Phi) is 3.55. The minimum atomic E-state index is -0.589. The highest BCUT2D eigenvalue weighted by atomic mass is 79.9. The van der Waals surface area contributed by atoms with Crippen molar-refractivity contribution in [3.05, 3.63) is 27.2 Å². The van der Waals surface area contributed by atoms with Crippen molar-refractivity contribution in [3.8, 4) is 5.75 Å². The lowest BCUT2D eigenvalue weighted by Gasteiger charge is -2.11. The van der Waals surface area contributed by atoms with Gasteiger partial charge in [-0.25, -0.2) is 0 Å². The van der Waals surface area contributed by atoms with Gasteiger partial charge in [0.15, 0.2) is 0 Å². The fourth-order valence-corrected chi connectivity index (χ4v) is 1.47. The first-order valence-electron chi connectivity index (χ1n) is 3.60. The summed E-state index contributed by atoms with van der Waals surface area (Å²) in [5, 5.41) is 18.6. The summed E-state index contributed by atoms with van der Waals surface area (Å²) in [6.45, 7) is -0.221. The standard InChI is InChI=1S/C8H9BrClNO2/c9-5-1-4(7(11)3-12)8(13)2-6(5)10/h1-2,7,12-13H,3,11H2/t7-/m1/s1. The zero-order valence-corrected chi connectivity index (χ0v) is 9.01. The Labute approximate surface area is 89.3 Å². The van der Waals surface area contributed by atoms with Crippen molar-refractivity contribution >= 4 is 27.5 Å². The Morgan fingerprint density at radius 3 is 2.69 bits per heavy atom. The number of aliphatic hydroxyl groups excluding tert-OH is 1. The van der Waals surface area contributed by atoms with Crippen LogP contribution < -0.4 is 5.73 Å². The molecular formula is C8H9BrClNO2. The molecule has 1 atom stereocenters. The molecule has 0 saturated carbocycles. The van der Waals surface area contributed by atoms with E-state index in [0.717, 1.165) is 0 Å². The van der Waals surface area contributed by atoms with Crippen molar-refractivity contribution < 1.29 is 10.2 Å². The van der Waals surface area contributed by atoms with Crippen LogP contribution in [0, 0.1) is 0 Å². The molecule has 0 bridgehead atoms. The van der Waals surface area contributed by atoms with Gasteiger partial charge in [0.2, 0.25) is 0 Å². The smallest absolute Gasteiger partial charge is 0.121 e. The number of phenols is 1. The number of phenolic OH excluding ortho intramolecular Hbond substituents is 1. The Morgan fingerprint density at radius 1 is 1.54 bits per heavy atom. The van der Waals surface area contributed by atoms with E-state index in [1.165, 1.54) is 6.07 Å². The number of nitrogens with two attached hydrogens (primary N) is 1. The number of hydrogen-bond acceptors (Lipinski definition) is 3. The van der Waals surface area contributed by atoms with Gasteiger partial charge in [-0.1, -0.05) is 11.6 Å². The molecule has 1 aromatic rings. The topological polar surface area (TPSA) is 66.5 Å².